The van der Waals surface area contributed by atoms with E-state index in [1.165, 1.54) is 7.11 Å². The molecule has 1 amide bonds. The predicted octanol–water partition coefficient (Wildman–Crippen LogP) is 4.61. The number of halogens is 2. The van der Waals surface area contributed by atoms with Gasteiger partial charge in [0.1, 0.15) is 5.69 Å². The summed E-state index contributed by atoms with van der Waals surface area (Å²) in [4.78, 5) is 40.3. The van der Waals surface area contributed by atoms with Crippen molar-refractivity contribution in [3.63, 3.8) is 0 Å². The van der Waals surface area contributed by atoms with E-state index < -0.39 is 11.9 Å². The van der Waals surface area contributed by atoms with Gasteiger partial charge in [-0.25, -0.2) is 9.59 Å². The lowest BCUT2D eigenvalue weighted by molar-refractivity contribution is -0.110. The molecule has 2 N–H and O–H groups in total. The molecule has 9 heteroatoms. The zero-order valence-corrected chi connectivity index (χ0v) is 19.3. The van der Waals surface area contributed by atoms with Crippen molar-refractivity contribution in [1.29, 1.82) is 0 Å². The summed E-state index contributed by atoms with van der Waals surface area (Å²) in [5, 5.41) is 2.83. The number of carbonyl (C=O) groups excluding carboxylic acids is 3. The first kappa shape index (κ1) is 21.3. The van der Waals surface area contributed by atoms with E-state index in [9.17, 15) is 14.4 Å². The van der Waals surface area contributed by atoms with Crippen molar-refractivity contribution in [2.24, 2.45) is 0 Å². The number of fused-ring (bicyclic) bond motifs is 1. The largest absolute Gasteiger partial charge is 0.465 e. The van der Waals surface area contributed by atoms with Crippen LogP contribution in [0.3, 0.4) is 0 Å². The molecule has 0 fully saturated rings. The Kier molecular flexibility index (Phi) is 6.00. The number of carbonyl (C=O) groups is 3. The molecule has 2 heterocycles. The lowest BCUT2D eigenvalue weighted by atomic mass is 9.99. The first-order valence-electron chi connectivity index (χ1n) is 8.71. The van der Waals surface area contributed by atoms with Crippen molar-refractivity contribution in [1.82, 2.24) is 4.98 Å². The maximum absolute atomic E-state index is 12.7. The first-order valence-corrected chi connectivity index (χ1v) is 10.3. The molecule has 1 aromatic carbocycles. The lowest BCUT2D eigenvalue weighted by Crippen LogP contribution is -2.08. The highest BCUT2D eigenvalue weighted by Gasteiger charge is 2.31. The third kappa shape index (κ3) is 3.64. The van der Waals surface area contributed by atoms with Gasteiger partial charge in [-0.05, 0) is 60.0 Å². The summed E-state index contributed by atoms with van der Waals surface area (Å²) in [6.45, 7) is 5.39. The monoisotopic (exact) mass is 524 g/mol. The molecule has 1 aliphatic rings. The van der Waals surface area contributed by atoms with Crippen LogP contribution in [0.4, 0.5) is 5.69 Å². The summed E-state index contributed by atoms with van der Waals surface area (Å²) in [6.07, 6.45) is 1.55. The molecule has 29 heavy (non-hydrogen) atoms. The molecule has 0 radical (unpaired) electrons. The van der Waals surface area contributed by atoms with E-state index in [1.807, 2.05) is 13.0 Å². The topological polar surface area (TPSA) is 97.5 Å². The van der Waals surface area contributed by atoms with Gasteiger partial charge < -0.3 is 19.8 Å². The van der Waals surface area contributed by atoms with Gasteiger partial charge in [0.15, 0.2) is 0 Å². The van der Waals surface area contributed by atoms with Gasteiger partial charge in [-0.2, -0.15) is 0 Å². The fourth-order valence-corrected chi connectivity index (χ4v) is 4.51. The van der Waals surface area contributed by atoms with Gasteiger partial charge >= 0.3 is 11.9 Å². The Morgan fingerprint density at radius 1 is 1.14 bits per heavy atom. The Balaban J connectivity index is 2.24. The SMILES string of the molecule is CCOC(=O)c1[nH]c(C=C2C(=O)Nc3c(Br)cc(Br)c(C)c32)c(C(=O)OC)c1C. The Labute approximate surface area is 184 Å². The summed E-state index contributed by atoms with van der Waals surface area (Å²) >= 11 is 6.95. The van der Waals surface area contributed by atoms with Crippen molar-refractivity contribution < 1.29 is 23.9 Å². The number of nitrogens with one attached hydrogen (secondary N) is 2. The molecule has 0 saturated heterocycles. The number of rotatable bonds is 4. The van der Waals surface area contributed by atoms with Gasteiger partial charge in [-0.1, -0.05) is 15.9 Å². The maximum Gasteiger partial charge on any atom is 0.355 e. The first-order chi connectivity index (χ1) is 13.7. The van der Waals surface area contributed by atoms with Crippen LogP contribution in [0.2, 0.25) is 0 Å². The number of hydrogen-bond acceptors (Lipinski definition) is 5. The van der Waals surface area contributed by atoms with Crippen LogP contribution in [0.1, 0.15) is 50.2 Å². The highest BCUT2D eigenvalue weighted by molar-refractivity contribution is 9.11. The average molecular weight is 526 g/mol. The van der Waals surface area contributed by atoms with Gasteiger partial charge in [0.05, 0.1) is 36.2 Å². The fraction of sp³-hybridized carbons (Fsp3) is 0.250. The Hall–Kier alpha value is -2.39. The zero-order valence-electron chi connectivity index (χ0n) is 16.2. The van der Waals surface area contributed by atoms with E-state index in [0.29, 0.717) is 28.1 Å². The molecule has 0 atom stereocenters. The van der Waals surface area contributed by atoms with E-state index in [-0.39, 0.29) is 23.8 Å². The van der Waals surface area contributed by atoms with Crippen LogP contribution in [-0.4, -0.2) is 36.5 Å². The number of aromatic amines is 1. The fourth-order valence-electron chi connectivity index (χ4n) is 3.25. The highest BCUT2D eigenvalue weighted by Crippen LogP contribution is 2.43. The number of aromatic nitrogens is 1. The van der Waals surface area contributed by atoms with Gasteiger partial charge in [0.25, 0.3) is 5.91 Å². The highest BCUT2D eigenvalue weighted by atomic mass is 79.9. The summed E-state index contributed by atoms with van der Waals surface area (Å²) < 4.78 is 11.5. The van der Waals surface area contributed by atoms with E-state index in [0.717, 1.165) is 14.5 Å². The van der Waals surface area contributed by atoms with E-state index in [2.05, 4.69) is 42.2 Å². The van der Waals surface area contributed by atoms with Crippen LogP contribution in [0, 0.1) is 13.8 Å². The molecule has 0 spiro atoms. The molecule has 1 aliphatic heterocycles. The smallest absolute Gasteiger partial charge is 0.355 e. The molecule has 0 bridgehead atoms. The number of methoxy groups -OCH3 is 1. The van der Waals surface area contributed by atoms with E-state index >= 15 is 0 Å². The lowest BCUT2D eigenvalue weighted by Gasteiger charge is -2.08. The molecule has 3 rings (SSSR count). The minimum absolute atomic E-state index is 0.143. The van der Waals surface area contributed by atoms with Crippen LogP contribution in [0.15, 0.2) is 15.0 Å². The molecule has 0 saturated carbocycles. The van der Waals surface area contributed by atoms with Crippen LogP contribution in [-0.2, 0) is 14.3 Å². The summed E-state index contributed by atoms with van der Waals surface area (Å²) in [6, 6.07) is 1.86. The average Bonchev–Trinajstić information content (AvgIpc) is 3.17. The summed E-state index contributed by atoms with van der Waals surface area (Å²) in [5.41, 5.74) is 3.59. The van der Waals surface area contributed by atoms with E-state index in [4.69, 9.17) is 9.47 Å². The van der Waals surface area contributed by atoms with Crippen molar-refractivity contribution in [3.8, 4) is 0 Å². The second-order valence-electron chi connectivity index (χ2n) is 6.35. The van der Waals surface area contributed by atoms with Gasteiger partial charge in [0, 0.05) is 14.5 Å². The molecular formula is C20H18Br2N2O5. The second-order valence-corrected chi connectivity index (χ2v) is 8.06. The zero-order chi connectivity index (χ0) is 21.5. The van der Waals surface area contributed by atoms with Crippen LogP contribution >= 0.6 is 31.9 Å². The van der Waals surface area contributed by atoms with Crippen LogP contribution in [0.25, 0.3) is 11.6 Å². The second kappa shape index (κ2) is 8.16. The Bertz CT molecular complexity index is 1090. The molecule has 0 unspecified atom stereocenters. The Morgan fingerprint density at radius 3 is 2.45 bits per heavy atom. The number of anilines is 1. The van der Waals surface area contributed by atoms with Crippen LogP contribution in [0.5, 0.6) is 0 Å². The number of esters is 2. The van der Waals surface area contributed by atoms with Gasteiger partial charge in [0.2, 0.25) is 0 Å². The van der Waals surface area contributed by atoms with E-state index in [1.54, 1.807) is 19.9 Å². The summed E-state index contributed by atoms with van der Waals surface area (Å²) in [5.74, 6) is -1.52. The van der Waals surface area contributed by atoms with Gasteiger partial charge in [-0.3, -0.25) is 4.79 Å². The molecule has 152 valence electrons. The molecule has 1 aromatic heterocycles. The van der Waals surface area contributed by atoms with Crippen molar-refractivity contribution in [2.45, 2.75) is 20.8 Å². The number of ether oxygens (including phenoxy) is 2. The molecular weight excluding hydrogens is 508 g/mol. The quantitative estimate of drug-likeness (QED) is 0.448. The maximum atomic E-state index is 12.7. The third-order valence-corrected chi connectivity index (χ3v) is 6.11. The van der Waals surface area contributed by atoms with Crippen molar-refractivity contribution in [3.05, 3.63) is 48.7 Å². The predicted molar refractivity (Wildman–Crippen MR) is 116 cm³/mol. The molecule has 0 aliphatic carbocycles. The number of benzene rings is 1. The number of hydrogen-bond donors (Lipinski definition) is 2. The van der Waals surface area contributed by atoms with Crippen molar-refractivity contribution >= 4 is 67.0 Å². The summed E-state index contributed by atoms with van der Waals surface area (Å²) in [7, 11) is 1.26. The number of amides is 1. The molecule has 7 nitrogen and oxygen atoms in total. The minimum atomic E-state index is -0.619. The van der Waals surface area contributed by atoms with Gasteiger partial charge in [-0.15, -0.1) is 0 Å². The van der Waals surface area contributed by atoms with Crippen molar-refractivity contribution in [2.75, 3.05) is 19.0 Å². The van der Waals surface area contributed by atoms with Crippen LogP contribution < -0.4 is 5.32 Å². The molecule has 2 aromatic rings. The Morgan fingerprint density at radius 2 is 1.83 bits per heavy atom. The standard InChI is InChI=1S/C20H18Br2N2O5/c1-5-29-20(27)16-9(3)15(19(26)28-4)13(23-16)6-10-14-8(2)11(21)7-12(22)17(14)24-18(10)25/h6-7,23H,5H2,1-4H3,(H,24,25). The third-order valence-electron chi connectivity index (χ3n) is 4.66. The minimum Gasteiger partial charge on any atom is -0.465 e. The normalized spacial score (nSPS) is 14.0. The number of H-pyrrole nitrogens is 1.